The van der Waals surface area contributed by atoms with Crippen LogP contribution in [0.4, 0.5) is 10.5 Å². The molecule has 9 heteroatoms. The molecule has 1 saturated carbocycles. The van der Waals surface area contributed by atoms with E-state index in [-0.39, 0.29) is 6.03 Å². The fourth-order valence-corrected chi connectivity index (χ4v) is 5.45. The van der Waals surface area contributed by atoms with E-state index >= 15 is 0 Å². The number of amides is 2. The number of anilines is 1. The number of hydrogen-bond acceptors (Lipinski definition) is 5. The molecule has 2 amide bonds. The molecule has 7 nitrogen and oxygen atoms in total. The Hall–Kier alpha value is -2.42. The summed E-state index contributed by atoms with van der Waals surface area (Å²) in [5, 5.41) is 3.70. The van der Waals surface area contributed by atoms with E-state index in [1.807, 2.05) is 34.3 Å². The zero-order chi connectivity index (χ0) is 21.1. The molecule has 3 aromatic rings. The summed E-state index contributed by atoms with van der Waals surface area (Å²) in [4.78, 5) is 29.2. The molecule has 0 unspecified atom stereocenters. The Morgan fingerprint density at radius 2 is 1.97 bits per heavy atom. The van der Waals surface area contributed by atoms with Gasteiger partial charge in [-0.05, 0) is 38.1 Å². The van der Waals surface area contributed by atoms with Gasteiger partial charge >= 0.3 is 6.03 Å². The third-order valence-electron chi connectivity index (χ3n) is 6.39. The molecule has 31 heavy (non-hydrogen) atoms. The second-order valence-corrected chi connectivity index (χ2v) is 9.85. The van der Waals surface area contributed by atoms with E-state index in [2.05, 4.69) is 21.9 Å². The number of carbonyl (C=O) groups is 1. The van der Waals surface area contributed by atoms with E-state index < -0.39 is 0 Å². The first-order valence-electron chi connectivity index (χ1n) is 10.7. The molecular formula is C22H23ClN6OS. The Morgan fingerprint density at radius 3 is 2.74 bits per heavy atom. The highest BCUT2D eigenvalue weighted by Crippen LogP contribution is 2.43. The number of nitrogens with zero attached hydrogens (tertiary/aromatic N) is 6. The molecule has 1 aromatic carbocycles. The quantitative estimate of drug-likeness (QED) is 0.582. The number of carbonyl (C=O) groups excluding carboxylic acids is 1. The van der Waals surface area contributed by atoms with Crippen molar-refractivity contribution in [2.24, 2.45) is 0 Å². The highest BCUT2D eigenvalue weighted by atomic mass is 35.5. The number of fused-ring (bicyclic) bond motifs is 3. The number of likely N-dealkylation sites (N-methyl/N-ethyl adjacent to an activating group) is 1. The van der Waals surface area contributed by atoms with Gasteiger partial charge in [-0.1, -0.05) is 11.6 Å². The minimum absolute atomic E-state index is 0.0211. The molecule has 0 bridgehead atoms. The van der Waals surface area contributed by atoms with E-state index in [0.717, 1.165) is 53.9 Å². The second kappa shape index (κ2) is 7.32. The normalized spacial score (nSPS) is 18.8. The maximum Gasteiger partial charge on any atom is 0.325 e. The second-order valence-electron chi connectivity index (χ2n) is 8.55. The summed E-state index contributed by atoms with van der Waals surface area (Å²) in [6.45, 7) is 3.67. The van der Waals surface area contributed by atoms with E-state index in [0.29, 0.717) is 17.5 Å². The maximum atomic E-state index is 13.6. The summed E-state index contributed by atoms with van der Waals surface area (Å²) in [5.74, 6) is 0.613. The van der Waals surface area contributed by atoms with Crippen molar-refractivity contribution in [2.45, 2.75) is 25.3 Å². The number of rotatable bonds is 2. The van der Waals surface area contributed by atoms with Gasteiger partial charge in [0.2, 0.25) is 0 Å². The van der Waals surface area contributed by atoms with Gasteiger partial charge in [-0.2, -0.15) is 0 Å². The minimum Gasteiger partial charge on any atom is -0.322 e. The molecule has 4 heterocycles. The first-order chi connectivity index (χ1) is 15.1. The van der Waals surface area contributed by atoms with Crippen LogP contribution in [-0.4, -0.2) is 63.6 Å². The third-order valence-corrected chi connectivity index (χ3v) is 7.49. The predicted octanol–water partition coefficient (Wildman–Crippen LogP) is 4.21. The van der Waals surface area contributed by atoms with Crippen molar-refractivity contribution >= 4 is 34.7 Å². The Kier molecular flexibility index (Phi) is 4.55. The molecule has 0 atom stereocenters. The summed E-state index contributed by atoms with van der Waals surface area (Å²) < 4.78 is 2.08. The molecule has 3 aliphatic rings. The molecule has 0 spiro atoms. The zero-order valence-electron chi connectivity index (χ0n) is 17.3. The smallest absolute Gasteiger partial charge is 0.322 e. The first-order valence-corrected chi connectivity index (χ1v) is 11.9. The SMILES string of the molecule is CN1CCN(C(=O)N2Cc3c(-c4nc(C5CC5)cs4)ncn3-c3ccc(Cl)cc32)CC1. The molecule has 2 fully saturated rings. The van der Waals surface area contributed by atoms with Crippen LogP contribution in [0.15, 0.2) is 29.9 Å². The summed E-state index contributed by atoms with van der Waals surface area (Å²) in [6, 6.07) is 5.73. The van der Waals surface area contributed by atoms with Gasteiger partial charge in [0, 0.05) is 42.5 Å². The highest BCUT2D eigenvalue weighted by molar-refractivity contribution is 7.13. The van der Waals surface area contributed by atoms with Gasteiger partial charge in [-0.15, -0.1) is 11.3 Å². The average Bonchev–Trinajstić information content (AvgIpc) is 3.35. The molecular weight excluding hydrogens is 432 g/mol. The van der Waals surface area contributed by atoms with Gasteiger partial charge in [-0.3, -0.25) is 9.47 Å². The summed E-state index contributed by atoms with van der Waals surface area (Å²) >= 11 is 7.97. The lowest BCUT2D eigenvalue weighted by atomic mass is 10.1. The number of hydrogen-bond donors (Lipinski definition) is 0. The third kappa shape index (κ3) is 3.33. The van der Waals surface area contributed by atoms with Crippen molar-refractivity contribution < 1.29 is 4.79 Å². The standard InChI is InChI=1S/C22H23ClN6OS/c1-26-6-8-27(9-7-26)22(30)28-11-19-20(21-25-16(12-31-21)14-2-3-14)24-13-29(19)17-5-4-15(23)10-18(17)28/h4-5,10,12-14H,2-3,6-9,11H2,1H3. The van der Waals surface area contributed by atoms with Crippen LogP contribution in [0.1, 0.15) is 30.1 Å². The molecule has 1 aliphatic carbocycles. The Bertz CT molecular complexity index is 1160. The first kappa shape index (κ1) is 19.3. The number of imidazole rings is 1. The van der Waals surface area contributed by atoms with Gasteiger partial charge in [0.15, 0.2) is 0 Å². The summed E-state index contributed by atoms with van der Waals surface area (Å²) in [7, 11) is 2.09. The molecule has 0 N–H and O–H groups in total. The average molecular weight is 455 g/mol. The highest BCUT2D eigenvalue weighted by Gasteiger charge is 2.34. The monoisotopic (exact) mass is 454 g/mol. The van der Waals surface area contributed by atoms with E-state index in [4.69, 9.17) is 21.6 Å². The zero-order valence-corrected chi connectivity index (χ0v) is 18.9. The minimum atomic E-state index is 0.0211. The van der Waals surface area contributed by atoms with Crippen LogP contribution in [-0.2, 0) is 6.54 Å². The van der Waals surface area contributed by atoms with E-state index in [1.165, 1.54) is 18.5 Å². The molecule has 160 valence electrons. The lowest BCUT2D eigenvalue weighted by Crippen LogP contribution is -2.52. The predicted molar refractivity (Wildman–Crippen MR) is 122 cm³/mol. The lowest BCUT2D eigenvalue weighted by molar-refractivity contribution is 0.159. The van der Waals surface area contributed by atoms with Gasteiger partial charge in [0.1, 0.15) is 17.0 Å². The van der Waals surface area contributed by atoms with Crippen LogP contribution in [0.25, 0.3) is 16.4 Å². The molecule has 0 radical (unpaired) electrons. The van der Waals surface area contributed by atoms with Crippen LogP contribution in [0.2, 0.25) is 5.02 Å². The van der Waals surface area contributed by atoms with Crippen molar-refractivity contribution in [3.8, 4) is 16.4 Å². The summed E-state index contributed by atoms with van der Waals surface area (Å²) in [6.07, 6.45) is 4.30. The maximum absolute atomic E-state index is 13.6. The Balaban J connectivity index is 1.40. The molecule has 6 rings (SSSR count). The Labute approximate surface area is 189 Å². The van der Waals surface area contributed by atoms with Crippen LogP contribution in [0.3, 0.4) is 0 Å². The number of benzene rings is 1. The van der Waals surface area contributed by atoms with Crippen molar-refractivity contribution in [3.05, 3.63) is 46.3 Å². The van der Waals surface area contributed by atoms with Crippen LogP contribution in [0.5, 0.6) is 0 Å². The Morgan fingerprint density at radius 1 is 1.16 bits per heavy atom. The fraction of sp³-hybridized carbons (Fsp3) is 0.409. The largest absolute Gasteiger partial charge is 0.325 e. The molecule has 1 saturated heterocycles. The number of aromatic nitrogens is 3. The van der Waals surface area contributed by atoms with Crippen molar-refractivity contribution in [3.63, 3.8) is 0 Å². The molecule has 2 aliphatic heterocycles. The van der Waals surface area contributed by atoms with E-state index in [1.54, 1.807) is 11.3 Å². The van der Waals surface area contributed by atoms with Gasteiger partial charge in [0.05, 0.1) is 29.3 Å². The molecule has 2 aromatic heterocycles. The van der Waals surface area contributed by atoms with Crippen LogP contribution in [0, 0.1) is 0 Å². The number of thiazole rings is 1. The van der Waals surface area contributed by atoms with Gasteiger partial charge in [0.25, 0.3) is 0 Å². The van der Waals surface area contributed by atoms with Gasteiger partial charge < -0.3 is 9.80 Å². The van der Waals surface area contributed by atoms with Crippen molar-refractivity contribution in [1.82, 2.24) is 24.3 Å². The lowest BCUT2D eigenvalue weighted by Gasteiger charge is -2.38. The van der Waals surface area contributed by atoms with Gasteiger partial charge in [-0.25, -0.2) is 14.8 Å². The van der Waals surface area contributed by atoms with Crippen molar-refractivity contribution in [2.75, 3.05) is 38.1 Å². The fourth-order valence-electron chi connectivity index (χ4n) is 4.36. The van der Waals surface area contributed by atoms with Crippen molar-refractivity contribution in [1.29, 1.82) is 0 Å². The van der Waals surface area contributed by atoms with Crippen LogP contribution < -0.4 is 4.90 Å². The van der Waals surface area contributed by atoms with E-state index in [9.17, 15) is 4.79 Å². The summed E-state index contributed by atoms with van der Waals surface area (Å²) in [5.41, 5.74) is 4.79. The number of halogens is 1. The number of urea groups is 1. The number of piperazine rings is 1. The topological polar surface area (TPSA) is 57.5 Å². The van der Waals surface area contributed by atoms with Crippen LogP contribution >= 0.6 is 22.9 Å².